The lowest BCUT2D eigenvalue weighted by Crippen LogP contribution is -2.21. The van der Waals surface area contributed by atoms with Crippen molar-refractivity contribution in [3.63, 3.8) is 0 Å². The number of nitrogens with two attached hydrogens (primary N) is 1. The summed E-state index contributed by atoms with van der Waals surface area (Å²) < 4.78 is 11.9. The quantitative estimate of drug-likeness (QED) is 0.857. The molecule has 21 heavy (non-hydrogen) atoms. The van der Waals surface area contributed by atoms with Gasteiger partial charge in [0, 0.05) is 17.8 Å². The van der Waals surface area contributed by atoms with Gasteiger partial charge in [-0.2, -0.15) is 0 Å². The molecule has 5 heteroatoms. The Morgan fingerprint density at radius 1 is 1.33 bits per heavy atom. The maximum atomic E-state index is 6.03. The van der Waals surface area contributed by atoms with Crippen molar-refractivity contribution in [3.8, 4) is 17.4 Å². The van der Waals surface area contributed by atoms with Gasteiger partial charge in [-0.25, -0.2) is 4.98 Å². The fourth-order valence-electron chi connectivity index (χ4n) is 1.89. The monoisotopic (exact) mass is 350 g/mol. The minimum atomic E-state index is 0.107. The van der Waals surface area contributed by atoms with Gasteiger partial charge in [-0.3, -0.25) is 0 Å². The SMILES string of the molecule is CCC(N)Cc1cccnc1Oc1ccc(OC)cc1Br. The molecule has 0 aliphatic carbocycles. The molecule has 1 atom stereocenters. The molecule has 0 amide bonds. The molecule has 2 aromatic rings. The number of methoxy groups -OCH3 is 1. The zero-order chi connectivity index (χ0) is 15.2. The van der Waals surface area contributed by atoms with Crippen LogP contribution in [-0.2, 0) is 6.42 Å². The molecule has 0 spiro atoms. The highest BCUT2D eigenvalue weighted by Crippen LogP contribution is 2.33. The van der Waals surface area contributed by atoms with Crippen LogP contribution in [0, 0.1) is 0 Å². The maximum absolute atomic E-state index is 6.03. The number of halogens is 1. The topological polar surface area (TPSA) is 57.4 Å². The van der Waals surface area contributed by atoms with E-state index >= 15 is 0 Å². The normalized spacial score (nSPS) is 12.0. The van der Waals surface area contributed by atoms with Gasteiger partial charge in [0.15, 0.2) is 0 Å². The van der Waals surface area contributed by atoms with Gasteiger partial charge in [0.25, 0.3) is 0 Å². The zero-order valence-electron chi connectivity index (χ0n) is 12.2. The molecule has 0 radical (unpaired) electrons. The van der Waals surface area contributed by atoms with Crippen molar-refractivity contribution in [2.24, 2.45) is 5.73 Å². The van der Waals surface area contributed by atoms with E-state index in [1.54, 1.807) is 13.3 Å². The average Bonchev–Trinajstić information content (AvgIpc) is 2.50. The fraction of sp³-hybridized carbons (Fsp3) is 0.312. The van der Waals surface area contributed by atoms with Gasteiger partial charge in [0.1, 0.15) is 11.5 Å². The molecule has 1 heterocycles. The lowest BCUT2D eigenvalue weighted by Gasteiger charge is -2.14. The van der Waals surface area contributed by atoms with Crippen molar-refractivity contribution in [3.05, 3.63) is 46.6 Å². The summed E-state index contributed by atoms with van der Waals surface area (Å²) in [6.07, 6.45) is 3.38. The number of hydrogen-bond donors (Lipinski definition) is 1. The first kappa shape index (κ1) is 15.8. The Bertz CT molecular complexity index is 605. The molecule has 0 saturated carbocycles. The van der Waals surface area contributed by atoms with E-state index in [4.69, 9.17) is 15.2 Å². The molecule has 0 aliphatic heterocycles. The summed E-state index contributed by atoms with van der Waals surface area (Å²) in [6, 6.07) is 9.55. The Labute approximate surface area is 133 Å². The first-order valence-electron chi connectivity index (χ1n) is 6.85. The predicted molar refractivity (Wildman–Crippen MR) is 87.0 cm³/mol. The Hall–Kier alpha value is -1.59. The van der Waals surface area contributed by atoms with Crippen LogP contribution in [0.2, 0.25) is 0 Å². The number of aromatic nitrogens is 1. The molecule has 0 saturated heterocycles. The Kier molecular flexibility index (Phi) is 5.59. The first-order chi connectivity index (χ1) is 10.1. The number of hydrogen-bond acceptors (Lipinski definition) is 4. The van der Waals surface area contributed by atoms with Crippen molar-refractivity contribution < 1.29 is 9.47 Å². The standard InChI is InChI=1S/C16H19BrN2O2/c1-3-12(18)9-11-5-4-8-19-16(11)21-15-7-6-13(20-2)10-14(15)17/h4-8,10,12H,3,9,18H2,1-2H3. The molecule has 0 aliphatic rings. The van der Waals surface area contributed by atoms with Gasteiger partial charge in [-0.05, 0) is 53.0 Å². The van der Waals surface area contributed by atoms with Crippen LogP contribution in [0.15, 0.2) is 41.0 Å². The Morgan fingerprint density at radius 3 is 2.81 bits per heavy atom. The molecule has 1 aromatic heterocycles. The molecule has 112 valence electrons. The highest BCUT2D eigenvalue weighted by Gasteiger charge is 2.11. The van der Waals surface area contributed by atoms with Gasteiger partial charge in [-0.1, -0.05) is 13.0 Å². The Morgan fingerprint density at radius 2 is 2.14 bits per heavy atom. The molecule has 0 bridgehead atoms. The van der Waals surface area contributed by atoms with Crippen LogP contribution >= 0.6 is 15.9 Å². The van der Waals surface area contributed by atoms with Crippen LogP contribution in [0.1, 0.15) is 18.9 Å². The van der Waals surface area contributed by atoms with Crippen molar-refractivity contribution in [1.29, 1.82) is 0 Å². The number of rotatable bonds is 6. The second-order valence-corrected chi connectivity index (χ2v) is 5.59. The van der Waals surface area contributed by atoms with E-state index in [2.05, 4.69) is 27.8 Å². The number of ether oxygens (including phenoxy) is 2. The molecular weight excluding hydrogens is 332 g/mol. The lowest BCUT2D eigenvalue weighted by atomic mass is 10.1. The predicted octanol–water partition coefficient (Wildman–Crippen LogP) is 3.92. The van der Waals surface area contributed by atoms with Crippen LogP contribution in [0.25, 0.3) is 0 Å². The summed E-state index contributed by atoms with van der Waals surface area (Å²) in [5.41, 5.74) is 7.03. The zero-order valence-corrected chi connectivity index (χ0v) is 13.8. The van der Waals surface area contributed by atoms with Crippen molar-refractivity contribution in [2.45, 2.75) is 25.8 Å². The minimum absolute atomic E-state index is 0.107. The van der Waals surface area contributed by atoms with E-state index < -0.39 is 0 Å². The third-order valence-corrected chi connectivity index (χ3v) is 3.82. The summed E-state index contributed by atoms with van der Waals surface area (Å²) in [5.74, 6) is 2.05. The van der Waals surface area contributed by atoms with Crippen LogP contribution in [0.4, 0.5) is 0 Å². The fourth-order valence-corrected chi connectivity index (χ4v) is 2.33. The van der Waals surface area contributed by atoms with E-state index in [1.165, 1.54) is 0 Å². The van der Waals surface area contributed by atoms with E-state index in [0.717, 1.165) is 28.6 Å². The molecule has 2 rings (SSSR count). The van der Waals surface area contributed by atoms with Crippen LogP contribution in [-0.4, -0.2) is 18.1 Å². The highest BCUT2D eigenvalue weighted by molar-refractivity contribution is 9.10. The van der Waals surface area contributed by atoms with Gasteiger partial charge in [-0.15, -0.1) is 0 Å². The largest absolute Gasteiger partial charge is 0.497 e. The molecule has 4 nitrogen and oxygen atoms in total. The average molecular weight is 351 g/mol. The van der Waals surface area contributed by atoms with E-state index in [9.17, 15) is 0 Å². The lowest BCUT2D eigenvalue weighted by molar-refractivity contribution is 0.410. The number of nitrogens with zero attached hydrogens (tertiary/aromatic N) is 1. The summed E-state index contributed by atoms with van der Waals surface area (Å²) >= 11 is 3.48. The van der Waals surface area contributed by atoms with Gasteiger partial charge in [0.05, 0.1) is 11.6 Å². The van der Waals surface area contributed by atoms with E-state index in [-0.39, 0.29) is 6.04 Å². The first-order valence-corrected chi connectivity index (χ1v) is 7.64. The highest BCUT2D eigenvalue weighted by atomic mass is 79.9. The summed E-state index contributed by atoms with van der Waals surface area (Å²) in [5, 5.41) is 0. The van der Waals surface area contributed by atoms with Crippen molar-refractivity contribution >= 4 is 15.9 Å². The van der Waals surface area contributed by atoms with Gasteiger partial charge in [0.2, 0.25) is 5.88 Å². The van der Waals surface area contributed by atoms with Gasteiger partial charge < -0.3 is 15.2 Å². The molecule has 2 N–H and O–H groups in total. The van der Waals surface area contributed by atoms with E-state index in [1.807, 2.05) is 30.3 Å². The minimum Gasteiger partial charge on any atom is -0.497 e. The molecule has 0 fully saturated rings. The summed E-state index contributed by atoms with van der Waals surface area (Å²) in [6.45, 7) is 2.07. The molecule has 1 aromatic carbocycles. The van der Waals surface area contributed by atoms with E-state index in [0.29, 0.717) is 11.6 Å². The van der Waals surface area contributed by atoms with Crippen molar-refractivity contribution in [1.82, 2.24) is 4.98 Å². The molecular formula is C16H19BrN2O2. The number of benzene rings is 1. The summed E-state index contributed by atoms with van der Waals surface area (Å²) in [7, 11) is 1.63. The number of pyridine rings is 1. The second-order valence-electron chi connectivity index (χ2n) is 4.74. The third-order valence-electron chi connectivity index (χ3n) is 3.20. The Balaban J connectivity index is 2.23. The van der Waals surface area contributed by atoms with Gasteiger partial charge >= 0.3 is 0 Å². The third kappa shape index (κ3) is 4.19. The smallest absolute Gasteiger partial charge is 0.222 e. The maximum Gasteiger partial charge on any atom is 0.222 e. The second kappa shape index (κ2) is 7.43. The summed E-state index contributed by atoms with van der Waals surface area (Å²) in [4.78, 5) is 4.32. The van der Waals surface area contributed by atoms with Crippen LogP contribution in [0.5, 0.6) is 17.4 Å². The van der Waals surface area contributed by atoms with Crippen molar-refractivity contribution in [2.75, 3.05) is 7.11 Å². The van der Waals surface area contributed by atoms with Crippen LogP contribution in [0.3, 0.4) is 0 Å². The molecule has 1 unspecified atom stereocenters. The van der Waals surface area contributed by atoms with Crippen LogP contribution < -0.4 is 15.2 Å².